The first-order valence-corrected chi connectivity index (χ1v) is 9.69. The van der Waals surface area contributed by atoms with Crippen LogP contribution < -0.4 is 0 Å². The second kappa shape index (κ2) is 8.46. The van der Waals surface area contributed by atoms with Gasteiger partial charge in [0.25, 0.3) is 5.91 Å². The number of aryl methyl sites for hydroxylation is 1. The van der Waals surface area contributed by atoms with Gasteiger partial charge in [-0.3, -0.25) is 4.79 Å². The van der Waals surface area contributed by atoms with Gasteiger partial charge in [0.15, 0.2) is 0 Å². The zero-order chi connectivity index (χ0) is 20.3. The monoisotopic (exact) mass is 384 g/mol. The molecule has 0 radical (unpaired) electrons. The van der Waals surface area contributed by atoms with E-state index in [9.17, 15) is 9.59 Å². The van der Waals surface area contributed by atoms with E-state index in [0.717, 1.165) is 17.8 Å². The molecule has 28 heavy (non-hydrogen) atoms. The first-order chi connectivity index (χ1) is 13.4. The molecule has 0 N–H and O–H groups in total. The number of methoxy groups -OCH3 is 1. The topological polar surface area (TPSA) is 67.7 Å². The lowest BCUT2D eigenvalue weighted by atomic mass is 10.0. The van der Waals surface area contributed by atoms with Crippen molar-refractivity contribution >= 4 is 12.0 Å². The summed E-state index contributed by atoms with van der Waals surface area (Å²) in [5, 5.41) is 4.52. The maximum absolute atomic E-state index is 13.3. The van der Waals surface area contributed by atoms with Crippen molar-refractivity contribution in [2.45, 2.75) is 33.1 Å². The maximum atomic E-state index is 13.3. The second-order valence-corrected chi connectivity index (χ2v) is 7.45. The molecule has 1 saturated heterocycles. The summed E-state index contributed by atoms with van der Waals surface area (Å²) in [6, 6.07) is 8.11. The fourth-order valence-electron chi connectivity index (χ4n) is 3.57. The van der Waals surface area contributed by atoms with Gasteiger partial charge in [-0.05, 0) is 31.4 Å². The van der Waals surface area contributed by atoms with E-state index in [0.29, 0.717) is 31.7 Å². The molecule has 0 aliphatic carbocycles. The average Bonchev–Trinajstić information content (AvgIpc) is 2.98. The van der Waals surface area contributed by atoms with E-state index in [-0.39, 0.29) is 17.9 Å². The van der Waals surface area contributed by atoms with Gasteiger partial charge in [-0.2, -0.15) is 5.10 Å². The van der Waals surface area contributed by atoms with Gasteiger partial charge in [0.05, 0.1) is 30.3 Å². The number of amides is 2. The molecule has 1 aromatic heterocycles. The highest BCUT2D eigenvalue weighted by Gasteiger charge is 2.27. The standard InChI is InChI=1S/C21H28N4O3/c1-15(2)19-18(14-22-25(19)17-8-6-16(3)7-9-17)20(26)23-10-5-11-24(13-12-23)21(27)28-4/h6-9,14-15H,5,10-13H2,1-4H3. The Bertz CT molecular complexity index is 842. The van der Waals surface area contributed by atoms with Crippen molar-refractivity contribution < 1.29 is 14.3 Å². The predicted octanol–water partition coefficient (Wildman–Crippen LogP) is 3.22. The first kappa shape index (κ1) is 19.9. The summed E-state index contributed by atoms with van der Waals surface area (Å²) in [7, 11) is 1.38. The highest BCUT2D eigenvalue weighted by atomic mass is 16.5. The Morgan fingerprint density at radius 3 is 2.32 bits per heavy atom. The molecule has 2 amide bonds. The van der Waals surface area contributed by atoms with E-state index in [2.05, 4.69) is 18.9 Å². The summed E-state index contributed by atoms with van der Waals surface area (Å²) >= 11 is 0. The smallest absolute Gasteiger partial charge is 0.409 e. The van der Waals surface area contributed by atoms with Gasteiger partial charge in [0.2, 0.25) is 0 Å². The summed E-state index contributed by atoms with van der Waals surface area (Å²) in [6.07, 6.45) is 2.05. The summed E-state index contributed by atoms with van der Waals surface area (Å²) in [5.74, 6) is 0.107. The molecular formula is C21H28N4O3. The normalized spacial score (nSPS) is 14.9. The average molecular weight is 384 g/mol. The van der Waals surface area contributed by atoms with Crippen LogP contribution in [0.3, 0.4) is 0 Å². The minimum atomic E-state index is -0.343. The summed E-state index contributed by atoms with van der Waals surface area (Å²) < 4.78 is 6.66. The number of hydrogen-bond acceptors (Lipinski definition) is 4. The van der Waals surface area contributed by atoms with E-state index in [4.69, 9.17) is 4.74 Å². The summed E-state index contributed by atoms with van der Waals surface area (Å²) in [5.41, 5.74) is 3.66. The molecule has 0 spiro atoms. The fraction of sp³-hybridized carbons (Fsp3) is 0.476. The lowest BCUT2D eigenvalue weighted by Crippen LogP contribution is -2.37. The molecule has 3 rings (SSSR count). The van der Waals surface area contributed by atoms with Crippen LogP contribution in [0.15, 0.2) is 30.5 Å². The van der Waals surface area contributed by atoms with E-state index in [1.807, 2.05) is 40.8 Å². The van der Waals surface area contributed by atoms with Crippen LogP contribution >= 0.6 is 0 Å². The molecular weight excluding hydrogens is 356 g/mol. The zero-order valence-electron chi connectivity index (χ0n) is 17.0. The summed E-state index contributed by atoms with van der Waals surface area (Å²) in [6.45, 7) is 8.35. The Balaban J connectivity index is 1.86. The van der Waals surface area contributed by atoms with Crippen molar-refractivity contribution in [2.75, 3.05) is 33.3 Å². The molecule has 1 aliphatic heterocycles. The predicted molar refractivity (Wildman–Crippen MR) is 107 cm³/mol. The number of carbonyl (C=O) groups excluding carboxylic acids is 2. The van der Waals surface area contributed by atoms with E-state index in [1.54, 1.807) is 11.1 Å². The number of hydrogen-bond donors (Lipinski definition) is 0. The molecule has 2 heterocycles. The second-order valence-electron chi connectivity index (χ2n) is 7.45. The van der Waals surface area contributed by atoms with Crippen LogP contribution in [-0.4, -0.2) is 64.9 Å². The molecule has 0 unspecified atom stereocenters. The van der Waals surface area contributed by atoms with Crippen LogP contribution in [-0.2, 0) is 4.74 Å². The van der Waals surface area contributed by atoms with Gasteiger partial charge < -0.3 is 14.5 Å². The fourth-order valence-corrected chi connectivity index (χ4v) is 3.57. The number of aromatic nitrogens is 2. The maximum Gasteiger partial charge on any atom is 0.409 e. The Kier molecular flexibility index (Phi) is 6.02. The van der Waals surface area contributed by atoms with Crippen LogP contribution in [0, 0.1) is 6.92 Å². The van der Waals surface area contributed by atoms with Gasteiger partial charge >= 0.3 is 6.09 Å². The SMILES string of the molecule is COC(=O)N1CCCN(C(=O)c2cnn(-c3ccc(C)cc3)c2C(C)C)CC1. The molecule has 1 aromatic carbocycles. The Hall–Kier alpha value is -2.83. The first-order valence-electron chi connectivity index (χ1n) is 9.69. The third-order valence-corrected chi connectivity index (χ3v) is 5.08. The van der Waals surface area contributed by atoms with Crippen molar-refractivity contribution in [3.63, 3.8) is 0 Å². The minimum Gasteiger partial charge on any atom is -0.453 e. The van der Waals surface area contributed by atoms with Crippen molar-refractivity contribution in [3.8, 4) is 5.69 Å². The molecule has 1 aliphatic rings. The molecule has 1 fully saturated rings. The molecule has 2 aromatic rings. The van der Waals surface area contributed by atoms with Crippen molar-refractivity contribution in [3.05, 3.63) is 47.3 Å². The number of nitrogens with zero attached hydrogens (tertiary/aromatic N) is 4. The number of ether oxygens (including phenoxy) is 1. The van der Waals surface area contributed by atoms with Gasteiger partial charge in [-0.15, -0.1) is 0 Å². The van der Waals surface area contributed by atoms with Gasteiger partial charge in [-0.1, -0.05) is 31.5 Å². The van der Waals surface area contributed by atoms with Crippen molar-refractivity contribution in [2.24, 2.45) is 0 Å². The van der Waals surface area contributed by atoms with E-state index in [1.165, 1.54) is 12.7 Å². The molecule has 0 bridgehead atoms. The van der Waals surface area contributed by atoms with Crippen LogP contribution in [0.25, 0.3) is 5.69 Å². The summed E-state index contributed by atoms with van der Waals surface area (Å²) in [4.78, 5) is 28.5. The van der Waals surface area contributed by atoms with E-state index >= 15 is 0 Å². The Morgan fingerprint density at radius 2 is 1.68 bits per heavy atom. The number of carbonyl (C=O) groups is 2. The molecule has 7 heteroatoms. The number of rotatable bonds is 3. The third-order valence-electron chi connectivity index (χ3n) is 5.08. The quantitative estimate of drug-likeness (QED) is 0.815. The lowest BCUT2D eigenvalue weighted by molar-refractivity contribution is 0.0755. The van der Waals surface area contributed by atoms with Crippen molar-refractivity contribution in [1.29, 1.82) is 0 Å². The van der Waals surface area contributed by atoms with Gasteiger partial charge in [-0.25, -0.2) is 9.48 Å². The Morgan fingerprint density at radius 1 is 1.04 bits per heavy atom. The third kappa shape index (κ3) is 4.03. The minimum absolute atomic E-state index is 0.0335. The van der Waals surface area contributed by atoms with Gasteiger partial charge in [0, 0.05) is 26.2 Å². The number of benzene rings is 1. The van der Waals surface area contributed by atoms with Crippen LogP contribution in [0.5, 0.6) is 0 Å². The zero-order valence-corrected chi connectivity index (χ0v) is 17.0. The molecule has 150 valence electrons. The Labute approximate surface area is 165 Å². The van der Waals surface area contributed by atoms with Crippen LogP contribution in [0.2, 0.25) is 0 Å². The van der Waals surface area contributed by atoms with Crippen LogP contribution in [0.1, 0.15) is 47.8 Å². The molecule has 0 saturated carbocycles. The van der Waals surface area contributed by atoms with E-state index < -0.39 is 0 Å². The highest BCUT2D eigenvalue weighted by molar-refractivity contribution is 5.95. The molecule has 7 nitrogen and oxygen atoms in total. The largest absolute Gasteiger partial charge is 0.453 e. The highest BCUT2D eigenvalue weighted by Crippen LogP contribution is 2.25. The molecule has 0 atom stereocenters. The van der Waals surface area contributed by atoms with Gasteiger partial charge in [0.1, 0.15) is 0 Å². The lowest BCUT2D eigenvalue weighted by Gasteiger charge is -2.22. The van der Waals surface area contributed by atoms with Crippen molar-refractivity contribution in [1.82, 2.24) is 19.6 Å². The van der Waals surface area contributed by atoms with Crippen LogP contribution in [0.4, 0.5) is 4.79 Å².